The third kappa shape index (κ3) is 4.55. The smallest absolute Gasteiger partial charge is 0.326 e. The Kier molecular flexibility index (Phi) is 6.34. The zero-order chi connectivity index (χ0) is 17.8. The Labute approximate surface area is 136 Å². The summed E-state index contributed by atoms with van der Waals surface area (Å²) in [6.07, 6.45) is 3.14. The number of hydrogen-bond donors (Lipinski definition) is 2. The highest BCUT2D eigenvalue weighted by Crippen LogP contribution is 2.17. The number of amides is 1. The zero-order valence-corrected chi connectivity index (χ0v) is 14.6. The summed E-state index contributed by atoms with van der Waals surface area (Å²) in [5, 5.41) is 11.6. The lowest BCUT2D eigenvalue weighted by atomic mass is 10.1. The molecule has 0 saturated heterocycles. The normalized spacial score (nSPS) is 13.1. The summed E-state index contributed by atoms with van der Waals surface area (Å²) in [7, 11) is 0.670. The number of carbonyl (C=O) groups is 2. The Bertz CT molecular complexity index is 679. The zero-order valence-electron chi connectivity index (χ0n) is 13.7. The molecule has 1 atom stereocenters. The predicted octanol–water partition coefficient (Wildman–Crippen LogP) is 0.649. The van der Waals surface area contributed by atoms with Crippen LogP contribution in [0.3, 0.4) is 0 Å². The second-order valence-electron chi connectivity index (χ2n) is 5.47. The molecule has 0 unspecified atom stereocenters. The second-order valence-corrected chi connectivity index (χ2v) is 7.62. The molecule has 1 rings (SSSR count). The van der Waals surface area contributed by atoms with Crippen LogP contribution in [0.4, 0.5) is 0 Å². The number of aliphatic carboxylic acids is 1. The number of carbonyl (C=O) groups excluding carboxylic acids is 1. The van der Waals surface area contributed by atoms with Gasteiger partial charge in [0.15, 0.2) is 0 Å². The molecule has 1 aromatic heterocycles. The first kappa shape index (κ1) is 19.2. The van der Waals surface area contributed by atoms with E-state index < -0.39 is 27.9 Å². The molecule has 0 saturated carbocycles. The first-order valence-corrected chi connectivity index (χ1v) is 8.67. The molecule has 2 N–H and O–H groups in total. The van der Waals surface area contributed by atoms with E-state index in [1.807, 2.05) is 6.92 Å². The molecule has 0 fully saturated rings. The van der Waals surface area contributed by atoms with Gasteiger partial charge in [0.05, 0.1) is 0 Å². The Morgan fingerprint density at radius 2 is 2.00 bits per heavy atom. The van der Waals surface area contributed by atoms with Crippen LogP contribution < -0.4 is 5.32 Å². The molecular weight excluding hydrogens is 322 g/mol. The number of hydrogen-bond acceptors (Lipinski definition) is 4. The first-order chi connectivity index (χ1) is 10.6. The number of carboxylic acids is 1. The minimum atomic E-state index is -3.65. The van der Waals surface area contributed by atoms with Crippen LogP contribution in [0.2, 0.25) is 0 Å². The van der Waals surface area contributed by atoms with Crippen molar-refractivity contribution in [1.82, 2.24) is 14.2 Å². The van der Waals surface area contributed by atoms with Crippen molar-refractivity contribution in [1.29, 1.82) is 0 Å². The summed E-state index contributed by atoms with van der Waals surface area (Å²) in [6.45, 7) is 1.93. The van der Waals surface area contributed by atoms with Crippen LogP contribution in [0, 0.1) is 0 Å². The maximum absolute atomic E-state index is 12.2. The van der Waals surface area contributed by atoms with Gasteiger partial charge in [0, 0.05) is 27.3 Å². The number of sulfonamides is 1. The Hall–Kier alpha value is -1.87. The number of rotatable bonds is 8. The molecule has 0 aliphatic rings. The molecule has 1 heterocycles. The van der Waals surface area contributed by atoms with Gasteiger partial charge in [0.25, 0.3) is 5.91 Å². The van der Waals surface area contributed by atoms with Crippen molar-refractivity contribution >= 4 is 21.9 Å². The maximum atomic E-state index is 12.2. The minimum absolute atomic E-state index is 0.0180. The lowest BCUT2D eigenvalue weighted by molar-refractivity contribution is -0.139. The summed E-state index contributed by atoms with van der Waals surface area (Å²) < 4.78 is 26.6. The largest absolute Gasteiger partial charge is 0.480 e. The number of aromatic nitrogens is 1. The van der Waals surface area contributed by atoms with E-state index in [-0.39, 0.29) is 10.6 Å². The van der Waals surface area contributed by atoms with Crippen molar-refractivity contribution in [2.75, 3.05) is 14.1 Å². The van der Waals surface area contributed by atoms with Crippen molar-refractivity contribution in [3.05, 3.63) is 18.0 Å². The van der Waals surface area contributed by atoms with Crippen molar-refractivity contribution in [2.45, 2.75) is 37.1 Å². The molecule has 0 aliphatic heterocycles. The van der Waals surface area contributed by atoms with Crippen LogP contribution in [0.5, 0.6) is 0 Å². The Morgan fingerprint density at radius 3 is 2.48 bits per heavy atom. The second kappa shape index (κ2) is 7.60. The van der Waals surface area contributed by atoms with Gasteiger partial charge in [-0.1, -0.05) is 19.8 Å². The lowest BCUT2D eigenvalue weighted by Gasteiger charge is -2.14. The quantitative estimate of drug-likeness (QED) is 0.719. The molecule has 0 radical (unpaired) electrons. The van der Waals surface area contributed by atoms with E-state index in [0.29, 0.717) is 12.8 Å². The Balaban J connectivity index is 3.01. The molecule has 1 aromatic rings. The average Bonchev–Trinajstić information content (AvgIpc) is 2.85. The van der Waals surface area contributed by atoms with E-state index in [0.717, 1.165) is 10.7 Å². The van der Waals surface area contributed by atoms with Crippen LogP contribution in [0.15, 0.2) is 17.2 Å². The van der Waals surface area contributed by atoms with Gasteiger partial charge < -0.3 is 15.0 Å². The maximum Gasteiger partial charge on any atom is 0.326 e. The average molecular weight is 345 g/mol. The van der Waals surface area contributed by atoms with Gasteiger partial charge in [-0.15, -0.1) is 0 Å². The third-order valence-corrected chi connectivity index (χ3v) is 5.22. The predicted molar refractivity (Wildman–Crippen MR) is 84.7 cm³/mol. The number of carboxylic acid groups (broad SMARTS) is 1. The fourth-order valence-electron chi connectivity index (χ4n) is 2.01. The van der Waals surface area contributed by atoms with Gasteiger partial charge >= 0.3 is 5.97 Å². The molecule has 0 aliphatic carbocycles. The highest BCUT2D eigenvalue weighted by atomic mass is 32.2. The van der Waals surface area contributed by atoms with E-state index >= 15 is 0 Å². The summed E-state index contributed by atoms with van der Waals surface area (Å²) in [5.74, 6) is -1.72. The highest BCUT2D eigenvalue weighted by Gasteiger charge is 2.25. The monoisotopic (exact) mass is 345 g/mol. The van der Waals surface area contributed by atoms with Gasteiger partial charge in [-0.2, -0.15) is 0 Å². The molecule has 130 valence electrons. The molecule has 0 aromatic carbocycles. The SMILES string of the molecule is CCCC[C@H](NC(=O)c1cc(S(=O)(=O)N(C)C)cn1C)C(=O)O. The van der Waals surface area contributed by atoms with Crippen LogP contribution >= 0.6 is 0 Å². The van der Waals surface area contributed by atoms with E-state index in [9.17, 15) is 18.0 Å². The van der Waals surface area contributed by atoms with Gasteiger partial charge in [-0.3, -0.25) is 4.79 Å². The van der Waals surface area contributed by atoms with Crippen LogP contribution in [0.1, 0.15) is 36.7 Å². The van der Waals surface area contributed by atoms with E-state index in [1.165, 1.54) is 38.0 Å². The Morgan fingerprint density at radius 1 is 1.39 bits per heavy atom. The van der Waals surface area contributed by atoms with E-state index in [1.54, 1.807) is 0 Å². The summed E-state index contributed by atoms with van der Waals surface area (Å²) in [5.41, 5.74) is 0.0909. The summed E-state index contributed by atoms with van der Waals surface area (Å²) in [4.78, 5) is 23.4. The van der Waals surface area contributed by atoms with Crippen molar-refractivity contribution < 1.29 is 23.1 Å². The summed E-state index contributed by atoms with van der Waals surface area (Å²) in [6, 6.07) is 0.245. The molecule has 23 heavy (non-hydrogen) atoms. The van der Waals surface area contributed by atoms with Gasteiger partial charge in [-0.05, 0) is 12.5 Å². The number of unbranched alkanes of at least 4 members (excludes halogenated alkanes) is 1. The number of aryl methyl sites for hydroxylation is 1. The lowest BCUT2D eigenvalue weighted by Crippen LogP contribution is -2.41. The number of nitrogens with zero attached hydrogens (tertiary/aromatic N) is 2. The molecular formula is C14H23N3O5S. The first-order valence-electron chi connectivity index (χ1n) is 7.23. The highest BCUT2D eigenvalue weighted by molar-refractivity contribution is 7.89. The van der Waals surface area contributed by atoms with Crippen LogP contribution in [0.25, 0.3) is 0 Å². The minimum Gasteiger partial charge on any atom is -0.480 e. The van der Waals surface area contributed by atoms with E-state index in [4.69, 9.17) is 5.11 Å². The van der Waals surface area contributed by atoms with Gasteiger partial charge in [-0.25, -0.2) is 17.5 Å². The standard InChI is InChI=1S/C14H23N3O5S/c1-5-6-7-11(14(19)20)15-13(18)12-8-10(9-17(12)4)23(21,22)16(2)3/h8-9,11H,5-7H2,1-4H3,(H,15,18)(H,19,20)/t11-/m0/s1. The molecule has 0 bridgehead atoms. The molecule has 0 spiro atoms. The van der Waals surface area contributed by atoms with Crippen molar-refractivity contribution in [3.8, 4) is 0 Å². The van der Waals surface area contributed by atoms with Crippen LogP contribution in [-0.2, 0) is 21.9 Å². The molecule has 9 heteroatoms. The summed E-state index contributed by atoms with van der Waals surface area (Å²) >= 11 is 0. The van der Waals surface area contributed by atoms with Gasteiger partial charge in [0.1, 0.15) is 16.6 Å². The fraction of sp³-hybridized carbons (Fsp3) is 0.571. The van der Waals surface area contributed by atoms with Crippen molar-refractivity contribution in [2.24, 2.45) is 7.05 Å². The molecule has 8 nitrogen and oxygen atoms in total. The third-order valence-electron chi connectivity index (χ3n) is 3.44. The van der Waals surface area contributed by atoms with Crippen LogP contribution in [-0.4, -0.2) is 54.4 Å². The number of nitrogens with one attached hydrogen (secondary N) is 1. The van der Waals surface area contributed by atoms with E-state index in [2.05, 4.69) is 5.32 Å². The fourth-order valence-corrected chi connectivity index (χ4v) is 2.98. The topological polar surface area (TPSA) is 109 Å². The van der Waals surface area contributed by atoms with Crippen molar-refractivity contribution in [3.63, 3.8) is 0 Å². The van der Waals surface area contributed by atoms with Gasteiger partial charge in [0.2, 0.25) is 10.0 Å². The molecule has 1 amide bonds.